The molecule has 0 aromatic heterocycles. The second-order valence-electron chi connectivity index (χ2n) is 6.74. The molecule has 0 saturated carbocycles. The monoisotopic (exact) mass is 446 g/mol. The number of aliphatic imine (C=N–C) groups is 1. The first-order chi connectivity index (χ1) is 13.6. The molecule has 1 aliphatic heterocycles. The maximum Gasteiger partial charge on any atom is 0.191 e. The largest absolute Gasteiger partial charge is 0.508 e. The Bertz CT molecular complexity index is 811. The summed E-state index contributed by atoms with van der Waals surface area (Å²) in [6.45, 7) is 5.13. The zero-order valence-electron chi connectivity index (χ0n) is 16.3. The quantitative estimate of drug-likeness (QED) is 0.467. The molecule has 1 saturated heterocycles. The van der Waals surface area contributed by atoms with Crippen LogP contribution in [0.4, 0.5) is 5.69 Å². The molecule has 3 N–H and O–H groups in total. The molecule has 3 rings (SSSR count). The number of guanidine groups is 1. The molecule has 1 fully saturated rings. The molecule has 0 radical (unpaired) electrons. The summed E-state index contributed by atoms with van der Waals surface area (Å²) in [5, 5.41) is 16.9. The van der Waals surface area contributed by atoms with E-state index < -0.39 is 0 Å². The van der Waals surface area contributed by atoms with E-state index in [9.17, 15) is 5.11 Å². The van der Waals surface area contributed by atoms with E-state index in [1.54, 1.807) is 19.2 Å². The number of methoxy groups -OCH3 is 1. The fourth-order valence-corrected chi connectivity index (χ4v) is 3.52. The van der Waals surface area contributed by atoms with Gasteiger partial charge in [-0.05, 0) is 55.8 Å². The minimum absolute atomic E-state index is 0.225. The van der Waals surface area contributed by atoms with E-state index >= 15 is 0 Å². The first-order valence-electron chi connectivity index (χ1n) is 9.50. The highest BCUT2D eigenvalue weighted by Crippen LogP contribution is 2.24. The van der Waals surface area contributed by atoms with E-state index in [-0.39, 0.29) is 5.75 Å². The number of nitrogens with one attached hydrogen (secondary N) is 2. The predicted octanol–water partition coefficient (Wildman–Crippen LogP) is 3.50. The van der Waals surface area contributed by atoms with Gasteiger partial charge in [-0.2, -0.15) is 0 Å². The average Bonchev–Trinajstić information content (AvgIpc) is 3.16. The summed E-state index contributed by atoms with van der Waals surface area (Å²) in [4.78, 5) is 7.02. The number of phenols is 1. The van der Waals surface area contributed by atoms with Crippen LogP contribution in [-0.2, 0) is 6.54 Å². The Hall–Kier alpha value is -2.41. The Labute approximate surface area is 174 Å². The van der Waals surface area contributed by atoms with Crippen molar-refractivity contribution < 1.29 is 9.84 Å². The summed E-state index contributed by atoms with van der Waals surface area (Å²) in [6.07, 6.45) is 1.05. The Kier molecular flexibility index (Phi) is 7.03. The van der Waals surface area contributed by atoms with E-state index in [2.05, 4.69) is 60.7 Å². The molecule has 1 aliphatic rings. The van der Waals surface area contributed by atoms with Gasteiger partial charge in [0.15, 0.2) is 5.96 Å². The van der Waals surface area contributed by atoms with Crippen LogP contribution in [0.1, 0.15) is 18.9 Å². The first kappa shape index (κ1) is 20.3. The highest BCUT2D eigenvalue weighted by molar-refractivity contribution is 9.10. The van der Waals surface area contributed by atoms with Gasteiger partial charge in [0.2, 0.25) is 0 Å². The van der Waals surface area contributed by atoms with Gasteiger partial charge < -0.3 is 25.4 Å². The van der Waals surface area contributed by atoms with Crippen molar-refractivity contribution in [1.29, 1.82) is 0 Å². The number of ether oxygens (including phenoxy) is 1. The first-order valence-corrected chi connectivity index (χ1v) is 10.3. The lowest BCUT2D eigenvalue weighted by atomic mass is 10.2. The van der Waals surface area contributed by atoms with Crippen LogP contribution < -0.4 is 20.3 Å². The zero-order valence-corrected chi connectivity index (χ0v) is 17.9. The van der Waals surface area contributed by atoms with Crippen LogP contribution in [0.25, 0.3) is 0 Å². The van der Waals surface area contributed by atoms with E-state index in [1.807, 2.05) is 13.0 Å². The van der Waals surface area contributed by atoms with Crippen LogP contribution in [0.3, 0.4) is 0 Å². The SMILES string of the molecule is CCNC(=NCc1cc(OC)ccc1O)NC1CCN(c2ccc(Br)cc2)C1. The van der Waals surface area contributed by atoms with Crippen molar-refractivity contribution in [2.75, 3.05) is 31.6 Å². The summed E-state index contributed by atoms with van der Waals surface area (Å²) < 4.78 is 6.32. The lowest BCUT2D eigenvalue weighted by Gasteiger charge is -2.20. The van der Waals surface area contributed by atoms with Crippen LogP contribution in [0.2, 0.25) is 0 Å². The summed E-state index contributed by atoms with van der Waals surface area (Å²) in [7, 11) is 1.61. The average molecular weight is 447 g/mol. The highest BCUT2D eigenvalue weighted by atomic mass is 79.9. The van der Waals surface area contributed by atoms with Gasteiger partial charge in [0, 0.05) is 41.4 Å². The molecule has 7 heteroatoms. The molecule has 6 nitrogen and oxygen atoms in total. The van der Waals surface area contributed by atoms with E-state index in [0.29, 0.717) is 18.3 Å². The number of rotatable bonds is 6. The number of phenolic OH excluding ortho intramolecular Hbond substituents is 1. The second kappa shape index (κ2) is 9.68. The second-order valence-corrected chi connectivity index (χ2v) is 7.66. The van der Waals surface area contributed by atoms with Gasteiger partial charge in [0.05, 0.1) is 13.7 Å². The highest BCUT2D eigenvalue weighted by Gasteiger charge is 2.23. The maximum absolute atomic E-state index is 10.1. The molecular weight excluding hydrogens is 420 g/mol. The molecule has 150 valence electrons. The van der Waals surface area contributed by atoms with Gasteiger partial charge in [-0.15, -0.1) is 0 Å². The number of hydrogen-bond acceptors (Lipinski definition) is 4. The van der Waals surface area contributed by atoms with Gasteiger partial charge in [0.1, 0.15) is 11.5 Å². The lowest BCUT2D eigenvalue weighted by Crippen LogP contribution is -2.44. The number of aromatic hydroxyl groups is 1. The molecule has 1 unspecified atom stereocenters. The number of hydrogen-bond donors (Lipinski definition) is 3. The van der Waals surface area contributed by atoms with E-state index in [4.69, 9.17) is 4.74 Å². The molecule has 1 atom stereocenters. The third-order valence-electron chi connectivity index (χ3n) is 4.76. The normalized spacial score (nSPS) is 16.9. The van der Waals surface area contributed by atoms with Crippen LogP contribution in [0, 0.1) is 0 Å². The molecule has 0 amide bonds. The van der Waals surface area contributed by atoms with Crippen LogP contribution in [-0.4, -0.2) is 43.9 Å². The van der Waals surface area contributed by atoms with E-state index in [1.165, 1.54) is 5.69 Å². The fraction of sp³-hybridized carbons (Fsp3) is 0.381. The molecule has 1 heterocycles. The molecule has 0 spiro atoms. The molecular formula is C21H27BrN4O2. The topological polar surface area (TPSA) is 69.1 Å². The zero-order chi connectivity index (χ0) is 19.9. The van der Waals surface area contributed by atoms with Gasteiger partial charge in [0.25, 0.3) is 0 Å². The summed E-state index contributed by atoms with van der Waals surface area (Å²) in [6, 6.07) is 13.9. The van der Waals surface area contributed by atoms with Crippen LogP contribution in [0.5, 0.6) is 11.5 Å². The van der Waals surface area contributed by atoms with Gasteiger partial charge in [-0.3, -0.25) is 0 Å². The van der Waals surface area contributed by atoms with Crippen molar-refractivity contribution in [3.63, 3.8) is 0 Å². The van der Waals surface area contributed by atoms with Crippen molar-refractivity contribution in [2.45, 2.75) is 25.9 Å². The predicted molar refractivity (Wildman–Crippen MR) is 117 cm³/mol. The smallest absolute Gasteiger partial charge is 0.191 e. The third kappa shape index (κ3) is 5.32. The molecule has 2 aromatic rings. The summed E-state index contributed by atoms with van der Waals surface area (Å²) >= 11 is 3.49. The molecule has 28 heavy (non-hydrogen) atoms. The third-order valence-corrected chi connectivity index (χ3v) is 5.29. The molecule has 0 aliphatic carbocycles. The number of halogens is 1. The summed E-state index contributed by atoms with van der Waals surface area (Å²) in [5.74, 6) is 1.69. The summed E-state index contributed by atoms with van der Waals surface area (Å²) in [5.41, 5.74) is 1.97. The van der Waals surface area contributed by atoms with Gasteiger partial charge >= 0.3 is 0 Å². The molecule has 2 aromatic carbocycles. The standard InChI is InChI=1S/C21H27BrN4O2/c1-3-23-21(24-13-15-12-19(28-2)8-9-20(15)27)25-17-10-11-26(14-17)18-6-4-16(22)5-7-18/h4-9,12,17,27H,3,10-11,13-14H2,1-2H3,(H2,23,24,25). The number of nitrogens with zero attached hydrogens (tertiary/aromatic N) is 2. The van der Waals surface area contributed by atoms with Crippen molar-refractivity contribution in [1.82, 2.24) is 10.6 Å². The van der Waals surface area contributed by atoms with Crippen LogP contribution in [0.15, 0.2) is 51.9 Å². The Morgan fingerprint density at radius 3 is 2.79 bits per heavy atom. The van der Waals surface area contributed by atoms with Crippen molar-refractivity contribution >= 4 is 27.6 Å². The van der Waals surface area contributed by atoms with Gasteiger partial charge in [-0.25, -0.2) is 4.99 Å². The Balaban J connectivity index is 1.63. The van der Waals surface area contributed by atoms with Gasteiger partial charge in [-0.1, -0.05) is 15.9 Å². The number of anilines is 1. The Morgan fingerprint density at radius 2 is 2.07 bits per heavy atom. The molecule has 0 bridgehead atoms. The Morgan fingerprint density at radius 1 is 1.29 bits per heavy atom. The maximum atomic E-state index is 10.1. The minimum Gasteiger partial charge on any atom is -0.508 e. The van der Waals surface area contributed by atoms with Crippen molar-refractivity contribution in [3.05, 3.63) is 52.5 Å². The lowest BCUT2D eigenvalue weighted by molar-refractivity contribution is 0.411. The minimum atomic E-state index is 0.225. The van der Waals surface area contributed by atoms with E-state index in [0.717, 1.165) is 42.1 Å². The van der Waals surface area contributed by atoms with Crippen molar-refractivity contribution in [2.24, 2.45) is 4.99 Å². The number of benzene rings is 2. The van der Waals surface area contributed by atoms with Crippen molar-refractivity contribution in [3.8, 4) is 11.5 Å². The fourth-order valence-electron chi connectivity index (χ4n) is 3.26. The van der Waals surface area contributed by atoms with Crippen LogP contribution >= 0.6 is 15.9 Å².